The molecule has 1 aliphatic carbocycles. The molecule has 1 atom stereocenters. The second kappa shape index (κ2) is 11.2. The Morgan fingerprint density at radius 1 is 1.03 bits per heavy atom. The maximum Gasteiger partial charge on any atom is 0.395 e. The lowest BCUT2D eigenvalue weighted by atomic mass is 9.67. The molecule has 2 aliphatic heterocycles. The predicted octanol–water partition coefficient (Wildman–Crippen LogP) is 4.56. The molecule has 0 spiro atoms. The Bertz CT molecular complexity index is 1080. The highest BCUT2D eigenvalue weighted by Crippen LogP contribution is 2.53. The number of carbonyl (C=O) groups is 1. The van der Waals surface area contributed by atoms with Gasteiger partial charge in [0.05, 0.1) is 36.2 Å². The van der Waals surface area contributed by atoms with Gasteiger partial charge >= 0.3 is 6.18 Å². The summed E-state index contributed by atoms with van der Waals surface area (Å²) < 4.78 is 46.3. The van der Waals surface area contributed by atoms with Gasteiger partial charge in [0, 0.05) is 30.8 Å². The third kappa shape index (κ3) is 5.96. The number of hydrogen-bond donors (Lipinski definition) is 1. The van der Waals surface area contributed by atoms with Gasteiger partial charge in [-0.2, -0.15) is 13.2 Å². The lowest BCUT2D eigenvalue weighted by Gasteiger charge is -2.47. The van der Waals surface area contributed by atoms with Crippen LogP contribution in [0.25, 0.3) is 11.3 Å². The lowest BCUT2D eigenvalue weighted by molar-refractivity contribution is -0.256. The summed E-state index contributed by atoms with van der Waals surface area (Å²) in [7, 11) is 0. The van der Waals surface area contributed by atoms with Crippen LogP contribution >= 0.6 is 0 Å². The molecule has 0 unspecified atom stereocenters. The molecule has 7 nitrogen and oxygen atoms in total. The van der Waals surface area contributed by atoms with Crippen molar-refractivity contribution in [2.45, 2.75) is 57.2 Å². The Kier molecular flexibility index (Phi) is 7.90. The van der Waals surface area contributed by atoms with Crippen molar-refractivity contribution < 1.29 is 27.8 Å². The molecule has 10 heteroatoms. The van der Waals surface area contributed by atoms with Crippen molar-refractivity contribution in [1.82, 2.24) is 19.8 Å². The number of piperidine rings is 2. The molecule has 1 saturated carbocycles. The standard InChI is InChI=1S/C28H35F3N4O3/c29-28(30,31)27(10-2-11-27)19-34-13-8-20(9-14-34)18-38-25-16-32-24(15-33-25)21-4-6-22(7-5-21)26(37)35-12-1-3-23(36)17-35/h4-7,15-16,20,23,36H,1-3,8-14,17-19H2/t23-/m1/s1. The van der Waals surface area contributed by atoms with E-state index in [-0.39, 0.29) is 31.2 Å². The topological polar surface area (TPSA) is 78.8 Å². The fourth-order valence-electron chi connectivity index (χ4n) is 5.72. The summed E-state index contributed by atoms with van der Waals surface area (Å²) in [6.07, 6.45) is 2.93. The first-order valence-electron chi connectivity index (χ1n) is 13.5. The molecule has 206 valence electrons. The Balaban J connectivity index is 1.08. The van der Waals surface area contributed by atoms with Crippen LogP contribution in [0.3, 0.4) is 0 Å². The van der Waals surface area contributed by atoms with Crippen molar-refractivity contribution in [2.75, 3.05) is 39.3 Å². The maximum absolute atomic E-state index is 13.5. The minimum atomic E-state index is -4.12. The van der Waals surface area contributed by atoms with Gasteiger partial charge in [0.1, 0.15) is 0 Å². The van der Waals surface area contributed by atoms with E-state index in [0.29, 0.717) is 56.3 Å². The largest absolute Gasteiger partial charge is 0.476 e. The number of hydrogen-bond acceptors (Lipinski definition) is 6. The monoisotopic (exact) mass is 532 g/mol. The Labute approximate surface area is 221 Å². The maximum atomic E-state index is 13.5. The van der Waals surface area contributed by atoms with E-state index in [1.54, 1.807) is 29.4 Å². The smallest absolute Gasteiger partial charge is 0.395 e. The molecule has 0 bridgehead atoms. The van der Waals surface area contributed by atoms with Crippen molar-refractivity contribution in [3.63, 3.8) is 0 Å². The number of ether oxygens (including phenoxy) is 1. The molecule has 2 saturated heterocycles. The number of aliphatic hydroxyl groups is 1. The normalized spacial score (nSPS) is 22.6. The Morgan fingerprint density at radius 3 is 2.34 bits per heavy atom. The first kappa shape index (κ1) is 26.9. The van der Waals surface area contributed by atoms with Crippen molar-refractivity contribution in [3.05, 3.63) is 42.2 Å². The van der Waals surface area contributed by atoms with E-state index >= 15 is 0 Å². The van der Waals surface area contributed by atoms with Crippen LogP contribution in [0, 0.1) is 11.3 Å². The zero-order valence-corrected chi connectivity index (χ0v) is 21.5. The molecule has 1 amide bonds. The summed E-state index contributed by atoms with van der Waals surface area (Å²) >= 11 is 0. The van der Waals surface area contributed by atoms with Gasteiger partial charge < -0.3 is 19.6 Å². The number of alkyl halides is 3. The summed E-state index contributed by atoms with van der Waals surface area (Å²) in [6.45, 7) is 2.93. The van der Waals surface area contributed by atoms with E-state index in [1.165, 1.54) is 0 Å². The fraction of sp³-hybridized carbons (Fsp3) is 0.607. The highest BCUT2D eigenvalue weighted by Gasteiger charge is 2.58. The number of nitrogens with zero attached hydrogens (tertiary/aromatic N) is 4. The first-order chi connectivity index (χ1) is 18.2. The van der Waals surface area contributed by atoms with E-state index in [1.807, 2.05) is 17.0 Å². The number of amides is 1. The molecule has 1 aromatic heterocycles. The number of rotatable bonds is 7. The molecular weight excluding hydrogens is 497 g/mol. The minimum absolute atomic E-state index is 0.0844. The van der Waals surface area contributed by atoms with Gasteiger partial charge in [-0.1, -0.05) is 18.6 Å². The van der Waals surface area contributed by atoms with Crippen molar-refractivity contribution in [1.29, 1.82) is 0 Å². The Hall–Kier alpha value is -2.72. The average molecular weight is 533 g/mol. The van der Waals surface area contributed by atoms with Crippen LogP contribution in [-0.4, -0.2) is 82.4 Å². The molecule has 2 aromatic rings. The summed E-state index contributed by atoms with van der Waals surface area (Å²) in [5, 5.41) is 9.83. The van der Waals surface area contributed by atoms with Crippen LogP contribution in [-0.2, 0) is 0 Å². The van der Waals surface area contributed by atoms with Gasteiger partial charge in [-0.05, 0) is 69.7 Å². The summed E-state index contributed by atoms with van der Waals surface area (Å²) in [5.41, 5.74) is 0.561. The van der Waals surface area contributed by atoms with E-state index in [0.717, 1.165) is 31.2 Å². The van der Waals surface area contributed by atoms with E-state index < -0.39 is 17.7 Å². The van der Waals surface area contributed by atoms with E-state index in [4.69, 9.17) is 4.74 Å². The van der Waals surface area contributed by atoms with Crippen LogP contribution in [0.5, 0.6) is 5.88 Å². The predicted molar refractivity (Wildman–Crippen MR) is 136 cm³/mol. The van der Waals surface area contributed by atoms with E-state index in [2.05, 4.69) is 9.97 Å². The van der Waals surface area contributed by atoms with Crippen molar-refractivity contribution >= 4 is 5.91 Å². The van der Waals surface area contributed by atoms with Gasteiger partial charge in [0.25, 0.3) is 5.91 Å². The SMILES string of the molecule is O=C(c1ccc(-c2cnc(OCC3CCN(CC4(C(F)(F)F)CCC4)CC3)cn2)cc1)N1CCC[C@@H](O)C1. The molecular formula is C28H35F3N4O3. The second-order valence-corrected chi connectivity index (χ2v) is 11.0. The lowest BCUT2D eigenvalue weighted by Crippen LogP contribution is -2.53. The molecule has 3 heterocycles. The average Bonchev–Trinajstić information content (AvgIpc) is 2.89. The first-order valence-corrected chi connectivity index (χ1v) is 13.5. The molecule has 5 rings (SSSR count). The number of aromatic nitrogens is 2. The number of aliphatic hydroxyl groups excluding tert-OH is 1. The van der Waals surface area contributed by atoms with Crippen LogP contribution < -0.4 is 4.74 Å². The summed E-state index contributed by atoms with van der Waals surface area (Å²) in [4.78, 5) is 25.2. The van der Waals surface area contributed by atoms with Gasteiger partial charge in [-0.3, -0.25) is 4.79 Å². The number of halogens is 3. The van der Waals surface area contributed by atoms with E-state index in [9.17, 15) is 23.1 Å². The molecule has 0 radical (unpaired) electrons. The third-order valence-corrected chi connectivity index (χ3v) is 8.35. The molecule has 3 fully saturated rings. The zero-order chi connectivity index (χ0) is 26.8. The van der Waals surface area contributed by atoms with Crippen LogP contribution in [0.4, 0.5) is 13.2 Å². The van der Waals surface area contributed by atoms with Gasteiger partial charge in [-0.15, -0.1) is 0 Å². The highest BCUT2D eigenvalue weighted by molar-refractivity contribution is 5.94. The van der Waals surface area contributed by atoms with Crippen molar-refractivity contribution in [3.8, 4) is 17.1 Å². The van der Waals surface area contributed by atoms with Crippen LogP contribution in [0.2, 0.25) is 0 Å². The van der Waals surface area contributed by atoms with Gasteiger partial charge in [0.2, 0.25) is 5.88 Å². The summed E-state index contributed by atoms with van der Waals surface area (Å²) in [5.74, 6) is 0.609. The summed E-state index contributed by atoms with van der Waals surface area (Å²) in [6, 6.07) is 7.19. The van der Waals surface area contributed by atoms with Gasteiger partial charge in [-0.25, -0.2) is 9.97 Å². The minimum Gasteiger partial charge on any atom is -0.476 e. The third-order valence-electron chi connectivity index (χ3n) is 8.35. The highest BCUT2D eigenvalue weighted by atomic mass is 19.4. The molecule has 1 N–H and O–H groups in total. The number of likely N-dealkylation sites (tertiary alicyclic amines) is 2. The van der Waals surface area contributed by atoms with Gasteiger partial charge in [0.15, 0.2) is 0 Å². The van der Waals surface area contributed by atoms with Crippen LogP contribution in [0.15, 0.2) is 36.7 Å². The number of β-amino-alcohol motifs (C(OH)–C–C–N with tert-alkyl or cyclic N) is 1. The zero-order valence-electron chi connectivity index (χ0n) is 21.5. The quantitative estimate of drug-likeness (QED) is 0.563. The number of carbonyl (C=O) groups excluding carboxylic acids is 1. The number of benzene rings is 1. The molecule has 1 aromatic carbocycles. The molecule has 3 aliphatic rings. The van der Waals surface area contributed by atoms with Crippen molar-refractivity contribution in [2.24, 2.45) is 11.3 Å². The Morgan fingerprint density at radius 2 is 1.76 bits per heavy atom. The fourth-order valence-corrected chi connectivity index (χ4v) is 5.72. The second-order valence-electron chi connectivity index (χ2n) is 11.0. The van der Waals surface area contributed by atoms with Crippen LogP contribution in [0.1, 0.15) is 55.3 Å². The molecule has 38 heavy (non-hydrogen) atoms.